The fraction of sp³-hybridized carbons (Fsp3) is 0.667. The van der Waals surface area contributed by atoms with Crippen molar-refractivity contribution in [2.75, 3.05) is 39.3 Å². The standard InChI is InChI=1S/C15H25N3O2/c1-13-14(5-12-20-13)15(19)18-9-4-8-17(10-11-18)7-3-2-6-16/h5,12H,2-4,6-11,16H2,1H3. The van der Waals surface area contributed by atoms with Gasteiger partial charge in [-0.1, -0.05) is 0 Å². The van der Waals surface area contributed by atoms with E-state index in [1.807, 2.05) is 11.8 Å². The third-order valence-corrected chi connectivity index (χ3v) is 3.89. The maximum absolute atomic E-state index is 12.4. The molecular weight excluding hydrogens is 254 g/mol. The molecule has 1 amide bonds. The van der Waals surface area contributed by atoms with Crippen LogP contribution in [-0.4, -0.2) is 55.0 Å². The Labute approximate surface area is 120 Å². The molecule has 1 aromatic rings. The van der Waals surface area contributed by atoms with Crippen molar-refractivity contribution in [1.82, 2.24) is 9.80 Å². The Morgan fingerprint density at radius 3 is 2.85 bits per heavy atom. The zero-order valence-electron chi connectivity index (χ0n) is 12.3. The predicted molar refractivity (Wildman–Crippen MR) is 78.7 cm³/mol. The lowest BCUT2D eigenvalue weighted by atomic mass is 10.2. The lowest BCUT2D eigenvalue weighted by molar-refractivity contribution is 0.0759. The zero-order valence-corrected chi connectivity index (χ0v) is 12.3. The molecule has 5 heteroatoms. The Morgan fingerprint density at radius 1 is 1.30 bits per heavy atom. The van der Waals surface area contributed by atoms with Crippen LogP contribution < -0.4 is 5.73 Å². The molecule has 1 aliphatic heterocycles. The molecule has 2 rings (SSSR count). The van der Waals surface area contributed by atoms with E-state index in [0.717, 1.165) is 58.5 Å². The Hall–Kier alpha value is -1.33. The van der Waals surface area contributed by atoms with E-state index in [2.05, 4.69) is 4.90 Å². The average molecular weight is 279 g/mol. The van der Waals surface area contributed by atoms with E-state index in [0.29, 0.717) is 11.3 Å². The van der Waals surface area contributed by atoms with Gasteiger partial charge in [0.1, 0.15) is 5.76 Å². The number of nitrogens with two attached hydrogens (primary N) is 1. The molecule has 0 aromatic carbocycles. The van der Waals surface area contributed by atoms with Crippen molar-refractivity contribution in [3.63, 3.8) is 0 Å². The van der Waals surface area contributed by atoms with Crippen LogP contribution >= 0.6 is 0 Å². The van der Waals surface area contributed by atoms with Gasteiger partial charge in [0.15, 0.2) is 0 Å². The average Bonchev–Trinajstić information content (AvgIpc) is 2.73. The van der Waals surface area contributed by atoms with Gasteiger partial charge in [-0.25, -0.2) is 0 Å². The summed E-state index contributed by atoms with van der Waals surface area (Å²) >= 11 is 0. The Morgan fingerprint density at radius 2 is 2.15 bits per heavy atom. The molecular formula is C15H25N3O2. The molecule has 1 fully saturated rings. The summed E-state index contributed by atoms with van der Waals surface area (Å²) < 4.78 is 5.22. The van der Waals surface area contributed by atoms with Crippen LogP contribution in [-0.2, 0) is 0 Å². The quantitative estimate of drug-likeness (QED) is 0.829. The summed E-state index contributed by atoms with van der Waals surface area (Å²) in [7, 11) is 0. The first kappa shape index (κ1) is 15.1. The molecule has 0 saturated carbocycles. The number of furan rings is 1. The summed E-state index contributed by atoms with van der Waals surface area (Å²) in [5.41, 5.74) is 6.22. The lowest BCUT2D eigenvalue weighted by Gasteiger charge is -2.21. The molecule has 112 valence electrons. The number of carbonyl (C=O) groups excluding carboxylic acids is 1. The number of aryl methyl sites for hydroxylation is 1. The van der Waals surface area contributed by atoms with Crippen molar-refractivity contribution in [2.24, 2.45) is 5.73 Å². The summed E-state index contributed by atoms with van der Waals surface area (Å²) in [6.45, 7) is 7.33. The van der Waals surface area contributed by atoms with Crippen LogP contribution in [0.4, 0.5) is 0 Å². The molecule has 0 atom stereocenters. The number of carbonyl (C=O) groups is 1. The van der Waals surface area contributed by atoms with Crippen molar-refractivity contribution in [1.29, 1.82) is 0 Å². The number of nitrogens with zero attached hydrogens (tertiary/aromatic N) is 2. The van der Waals surface area contributed by atoms with Crippen LogP contribution in [0.2, 0.25) is 0 Å². The van der Waals surface area contributed by atoms with E-state index in [9.17, 15) is 4.79 Å². The minimum atomic E-state index is 0.0973. The number of amides is 1. The van der Waals surface area contributed by atoms with E-state index in [1.54, 1.807) is 12.3 Å². The van der Waals surface area contributed by atoms with Gasteiger partial charge < -0.3 is 20.0 Å². The minimum Gasteiger partial charge on any atom is -0.469 e. The molecule has 2 heterocycles. The van der Waals surface area contributed by atoms with Gasteiger partial charge in [0.2, 0.25) is 0 Å². The monoisotopic (exact) mass is 279 g/mol. The highest BCUT2D eigenvalue weighted by atomic mass is 16.3. The van der Waals surface area contributed by atoms with Crippen LogP contribution in [0.5, 0.6) is 0 Å². The molecule has 0 radical (unpaired) electrons. The maximum Gasteiger partial charge on any atom is 0.257 e. The summed E-state index contributed by atoms with van der Waals surface area (Å²) in [5, 5.41) is 0. The molecule has 20 heavy (non-hydrogen) atoms. The van der Waals surface area contributed by atoms with Gasteiger partial charge >= 0.3 is 0 Å². The molecule has 1 saturated heterocycles. The van der Waals surface area contributed by atoms with Crippen molar-refractivity contribution in [3.05, 3.63) is 23.7 Å². The van der Waals surface area contributed by atoms with Gasteiger partial charge in [-0.3, -0.25) is 4.79 Å². The predicted octanol–water partition coefficient (Wildman–Crippen LogP) is 1.47. The highest BCUT2D eigenvalue weighted by Crippen LogP contribution is 2.14. The SMILES string of the molecule is Cc1occc1C(=O)N1CCCN(CCCCN)CC1. The van der Waals surface area contributed by atoms with Gasteiger partial charge in [-0.05, 0) is 51.9 Å². The Kier molecular flexibility index (Phi) is 5.61. The second-order valence-electron chi connectivity index (χ2n) is 5.37. The van der Waals surface area contributed by atoms with Crippen molar-refractivity contribution in [2.45, 2.75) is 26.2 Å². The van der Waals surface area contributed by atoms with Crippen LogP contribution in [0.3, 0.4) is 0 Å². The van der Waals surface area contributed by atoms with Gasteiger partial charge in [0.05, 0.1) is 11.8 Å². The third-order valence-electron chi connectivity index (χ3n) is 3.89. The molecule has 0 bridgehead atoms. The summed E-state index contributed by atoms with van der Waals surface area (Å²) in [5.74, 6) is 0.805. The van der Waals surface area contributed by atoms with E-state index >= 15 is 0 Å². The molecule has 0 aliphatic carbocycles. The van der Waals surface area contributed by atoms with Crippen LogP contribution in [0.1, 0.15) is 35.4 Å². The number of hydrogen-bond acceptors (Lipinski definition) is 4. The zero-order chi connectivity index (χ0) is 14.4. The molecule has 5 nitrogen and oxygen atoms in total. The van der Waals surface area contributed by atoms with Crippen LogP contribution in [0.25, 0.3) is 0 Å². The van der Waals surface area contributed by atoms with Crippen molar-refractivity contribution >= 4 is 5.91 Å². The normalized spacial score (nSPS) is 17.2. The van der Waals surface area contributed by atoms with Crippen LogP contribution in [0, 0.1) is 6.92 Å². The first-order valence-corrected chi connectivity index (χ1v) is 7.48. The number of unbranched alkanes of at least 4 members (excludes halogenated alkanes) is 1. The van der Waals surface area contributed by atoms with Gasteiger partial charge in [0, 0.05) is 19.6 Å². The molecule has 2 N–H and O–H groups in total. The molecule has 0 spiro atoms. The summed E-state index contributed by atoms with van der Waals surface area (Å²) in [4.78, 5) is 16.8. The summed E-state index contributed by atoms with van der Waals surface area (Å²) in [6.07, 6.45) is 4.84. The fourth-order valence-electron chi connectivity index (χ4n) is 2.65. The highest BCUT2D eigenvalue weighted by Gasteiger charge is 2.22. The Balaban J connectivity index is 1.86. The number of hydrogen-bond donors (Lipinski definition) is 1. The fourth-order valence-corrected chi connectivity index (χ4v) is 2.65. The summed E-state index contributed by atoms with van der Waals surface area (Å²) in [6, 6.07) is 1.77. The van der Waals surface area contributed by atoms with E-state index < -0.39 is 0 Å². The van der Waals surface area contributed by atoms with E-state index in [1.165, 1.54) is 0 Å². The second-order valence-corrected chi connectivity index (χ2v) is 5.37. The van der Waals surface area contributed by atoms with Crippen LogP contribution in [0.15, 0.2) is 16.7 Å². The molecule has 1 aliphatic rings. The molecule has 0 unspecified atom stereocenters. The Bertz CT molecular complexity index is 431. The smallest absolute Gasteiger partial charge is 0.257 e. The van der Waals surface area contributed by atoms with Gasteiger partial charge in [0.25, 0.3) is 5.91 Å². The largest absolute Gasteiger partial charge is 0.469 e. The first-order chi connectivity index (χ1) is 9.72. The van der Waals surface area contributed by atoms with E-state index in [4.69, 9.17) is 10.2 Å². The number of rotatable bonds is 5. The van der Waals surface area contributed by atoms with E-state index in [-0.39, 0.29) is 5.91 Å². The van der Waals surface area contributed by atoms with Gasteiger partial charge in [-0.2, -0.15) is 0 Å². The second kappa shape index (κ2) is 7.45. The first-order valence-electron chi connectivity index (χ1n) is 7.48. The molecule has 1 aromatic heterocycles. The lowest BCUT2D eigenvalue weighted by Crippen LogP contribution is -2.35. The third kappa shape index (κ3) is 3.84. The minimum absolute atomic E-state index is 0.0973. The van der Waals surface area contributed by atoms with Crippen molar-refractivity contribution < 1.29 is 9.21 Å². The maximum atomic E-state index is 12.4. The van der Waals surface area contributed by atoms with Gasteiger partial charge in [-0.15, -0.1) is 0 Å². The topological polar surface area (TPSA) is 62.7 Å². The highest BCUT2D eigenvalue weighted by molar-refractivity contribution is 5.95. The van der Waals surface area contributed by atoms with Crippen molar-refractivity contribution in [3.8, 4) is 0 Å².